The molecule has 0 spiro atoms. The lowest BCUT2D eigenvalue weighted by atomic mass is 10.3. The highest BCUT2D eigenvalue weighted by atomic mass is 16.5. The normalized spacial score (nSPS) is 10.1. The first-order valence-corrected chi connectivity index (χ1v) is 4.92. The van der Waals surface area contributed by atoms with Crippen LogP contribution < -0.4 is 16.8 Å². The summed E-state index contributed by atoms with van der Waals surface area (Å²) in [6.07, 6.45) is 0. The average molecular weight is 224 g/mol. The molecule has 0 bridgehead atoms. The lowest BCUT2D eigenvalue weighted by Crippen LogP contribution is -2.20. The van der Waals surface area contributed by atoms with Gasteiger partial charge in [-0.1, -0.05) is 0 Å². The molecule has 0 aliphatic rings. The van der Waals surface area contributed by atoms with Gasteiger partial charge in [0.25, 0.3) is 0 Å². The lowest BCUT2D eigenvalue weighted by Gasteiger charge is -2.07. The van der Waals surface area contributed by atoms with Gasteiger partial charge in [0.05, 0.1) is 18.0 Å². The molecule has 0 fully saturated rings. The first kappa shape index (κ1) is 12.3. The molecule has 0 aromatic carbocycles. The molecule has 1 aromatic heterocycles. The summed E-state index contributed by atoms with van der Waals surface area (Å²) >= 11 is 0. The molecule has 6 heteroatoms. The van der Waals surface area contributed by atoms with Crippen molar-refractivity contribution in [2.75, 3.05) is 30.8 Å². The average Bonchev–Trinajstić information content (AvgIpc) is 2.22. The van der Waals surface area contributed by atoms with Crippen molar-refractivity contribution in [3.8, 4) is 0 Å². The Morgan fingerprint density at radius 1 is 1.56 bits per heavy atom. The molecular weight excluding hydrogens is 208 g/mol. The largest absolute Gasteiger partial charge is 0.397 e. The topological polar surface area (TPSA) is 103 Å². The molecule has 0 saturated carbocycles. The summed E-state index contributed by atoms with van der Waals surface area (Å²) in [7, 11) is 0. The van der Waals surface area contributed by atoms with E-state index >= 15 is 0 Å². The van der Waals surface area contributed by atoms with Gasteiger partial charge in [-0.05, 0) is 19.1 Å². The Labute approximate surface area is 94.0 Å². The summed E-state index contributed by atoms with van der Waals surface area (Å²) in [5, 5.41) is 3.04. The van der Waals surface area contributed by atoms with E-state index < -0.39 is 5.91 Å². The number of rotatable bonds is 6. The van der Waals surface area contributed by atoms with Crippen LogP contribution in [0.5, 0.6) is 0 Å². The SMILES string of the molecule is Cc1nc(NCCOCC(N)=O)ccc1N. The predicted molar refractivity (Wildman–Crippen MR) is 61.9 cm³/mol. The van der Waals surface area contributed by atoms with Crippen LogP contribution in [0, 0.1) is 6.92 Å². The van der Waals surface area contributed by atoms with Gasteiger partial charge in [0, 0.05) is 6.54 Å². The summed E-state index contributed by atoms with van der Waals surface area (Å²) in [4.78, 5) is 14.6. The number of ether oxygens (including phenoxy) is 1. The fourth-order valence-electron chi connectivity index (χ4n) is 1.09. The van der Waals surface area contributed by atoms with E-state index in [4.69, 9.17) is 16.2 Å². The molecule has 0 aliphatic heterocycles. The number of amides is 1. The number of carbonyl (C=O) groups is 1. The van der Waals surface area contributed by atoms with Gasteiger partial charge in [-0.15, -0.1) is 0 Å². The van der Waals surface area contributed by atoms with E-state index in [1.54, 1.807) is 12.1 Å². The summed E-state index contributed by atoms with van der Waals surface area (Å²) in [6.45, 7) is 2.73. The summed E-state index contributed by atoms with van der Waals surface area (Å²) in [5.41, 5.74) is 12.0. The van der Waals surface area contributed by atoms with E-state index in [0.29, 0.717) is 18.8 Å². The van der Waals surface area contributed by atoms with Crippen molar-refractivity contribution in [3.63, 3.8) is 0 Å². The van der Waals surface area contributed by atoms with Crippen molar-refractivity contribution in [1.82, 2.24) is 4.98 Å². The number of primary amides is 1. The molecule has 0 aliphatic carbocycles. The number of nitrogens with one attached hydrogen (secondary N) is 1. The van der Waals surface area contributed by atoms with Gasteiger partial charge >= 0.3 is 0 Å². The van der Waals surface area contributed by atoms with E-state index in [1.165, 1.54) is 0 Å². The van der Waals surface area contributed by atoms with Crippen LogP contribution in [0.15, 0.2) is 12.1 Å². The number of nitrogen functional groups attached to an aromatic ring is 1. The van der Waals surface area contributed by atoms with Crippen LogP contribution in [-0.4, -0.2) is 30.6 Å². The molecule has 1 rings (SSSR count). The minimum Gasteiger partial charge on any atom is -0.397 e. The Balaban J connectivity index is 2.27. The number of anilines is 2. The predicted octanol–water partition coefficient (Wildman–Crippen LogP) is -0.114. The molecule has 1 aromatic rings. The fraction of sp³-hybridized carbons (Fsp3) is 0.400. The zero-order chi connectivity index (χ0) is 12.0. The number of hydrogen-bond acceptors (Lipinski definition) is 5. The number of aryl methyl sites for hydroxylation is 1. The first-order chi connectivity index (χ1) is 7.59. The molecule has 16 heavy (non-hydrogen) atoms. The number of carbonyl (C=O) groups excluding carboxylic acids is 1. The van der Waals surface area contributed by atoms with Gasteiger partial charge in [-0.3, -0.25) is 4.79 Å². The molecule has 5 N–H and O–H groups in total. The molecule has 1 heterocycles. The lowest BCUT2D eigenvalue weighted by molar-refractivity contribution is -0.122. The van der Waals surface area contributed by atoms with Crippen molar-refractivity contribution in [2.45, 2.75) is 6.92 Å². The third kappa shape index (κ3) is 4.14. The highest BCUT2D eigenvalue weighted by molar-refractivity contribution is 5.74. The second kappa shape index (κ2) is 5.92. The molecule has 88 valence electrons. The Hall–Kier alpha value is -1.82. The number of nitrogens with zero attached hydrogens (tertiary/aromatic N) is 1. The number of hydrogen-bond donors (Lipinski definition) is 3. The zero-order valence-corrected chi connectivity index (χ0v) is 9.19. The highest BCUT2D eigenvalue weighted by Crippen LogP contribution is 2.11. The van der Waals surface area contributed by atoms with E-state index in [-0.39, 0.29) is 6.61 Å². The quantitative estimate of drug-likeness (QED) is 0.585. The van der Waals surface area contributed by atoms with Crippen LogP contribution in [0.3, 0.4) is 0 Å². The van der Waals surface area contributed by atoms with Crippen LogP contribution in [-0.2, 0) is 9.53 Å². The maximum absolute atomic E-state index is 10.4. The summed E-state index contributed by atoms with van der Waals surface area (Å²) in [6, 6.07) is 3.57. The molecule has 0 radical (unpaired) electrons. The summed E-state index contributed by atoms with van der Waals surface area (Å²) in [5.74, 6) is 0.260. The van der Waals surface area contributed by atoms with E-state index in [1.807, 2.05) is 6.92 Å². The molecular formula is C10H16N4O2. The number of nitrogens with two attached hydrogens (primary N) is 2. The molecule has 6 nitrogen and oxygen atoms in total. The maximum Gasteiger partial charge on any atom is 0.243 e. The van der Waals surface area contributed by atoms with Crippen molar-refractivity contribution in [2.24, 2.45) is 5.73 Å². The minimum absolute atomic E-state index is 0.0596. The molecule has 0 unspecified atom stereocenters. The fourth-order valence-corrected chi connectivity index (χ4v) is 1.09. The Kier molecular flexibility index (Phi) is 4.53. The van der Waals surface area contributed by atoms with Crippen molar-refractivity contribution < 1.29 is 9.53 Å². The molecule has 1 amide bonds. The van der Waals surface area contributed by atoms with Crippen LogP contribution in [0.2, 0.25) is 0 Å². The third-order valence-corrected chi connectivity index (χ3v) is 1.92. The molecule has 0 atom stereocenters. The van der Waals surface area contributed by atoms with Gasteiger partial charge in [0.1, 0.15) is 12.4 Å². The van der Waals surface area contributed by atoms with Crippen LogP contribution in [0.1, 0.15) is 5.69 Å². The van der Waals surface area contributed by atoms with Crippen LogP contribution in [0.25, 0.3) is 0 Å². The first-order valence-electron chi connectivity index (χ1n) is 4.92. The van der Waals surface area contributed by atoms with Gasteiger partial charge in [0.2, 0.25) is 5.91 Å². The van der Waals surface area contributed by atoms with Crippen LogP contribution >= 0.6 is 0 Å². The number of pyridine rings is 1. The van der Waals surface area contributed by atoms with Gasteiger partial charge in [-0.25, -0.2) is 4.98 Å². The summed E-state index contributed by atoms with van der Waals surface area (Å²) < 4.78 is 4.98. The van der Waals surface area contributed by atoms with Crippen molar-refractivity contribution in [1.29, 1.82) is 0 Å². The Bertz CT molecular complexity index is 368. The van der Waals surface area contributed by atoms with Gasteiger partial charge in [-0.2, -0.15) is 0 Å². The second-order valence-corrected chi connectivity index (χ2v) is 3.32. The van der Waals surface area contributed by atoms with Crippen molar-refractivity contribution >= 4 is 17.4 Å². The minimum atomic E-state index is -0.471. The zero-order valence-electron chi connectivity index (χ0n) is 9.19. The monoisotopic (exact) mass is 224 g/mol. The Morgan fingerprint density at radius 2 is 2.31 bits per heavy atom. The smallest absolute Gasteiger partial charge is 0.243 e. The third-order valence-electron chi connectivity index (χ3n) is 1.92. The standard InChI is InChI=1S/C10H16N4O2/c1-7-8(11)2-3-10(14-7)13-4-5-16-6-9(12)15/h2-3H,4-6,11H2,1H3,(H2,12,15)(H,13,14). The highest BCUT2D eigenvalue weighted by Gasteiger charge is 1.98. The maximum atomic E-state index is 10.4. The van der Waals surface area contributed by atoms with Gasteiger partial charge < -0.3 is 21.5 Å². The van der Waals surface area contributed by atoms with Gasteiger partial charge in [0.15, 0.2) is 0 Å². The van der Waals surface area contributed by atoms with E-state index in [2.05, 4.69) is 10.3 Å². The van der Waals surface area contributed by atoms with E-state index in [9.17, 15) is 4.79 Å². The number of aromatic nitrogens is 1. The van der Waals surface area contributed by atoms with Crippen LogP contribution in [0.4, 0.5) is 11.5 Å². The van der Waals surface area contributed by atoms with Crippen molar-refractivity contribution in [3.05, 3.63) is 17.8 Å². The molecule has 0 saturated heterocycles. The second-order valence-electron chi connectivity index (χ2n) is 3.32. The Morgan fingerprint density at radius 3 is 2.94 bits per heavy atom. The van der Waals surface area contributed by atoms with E-state index in [0.717, 1.165) is 11.5 Å².